The van der Waals surface area contributed by atoms with Gasteiger partial charge in [0.2, 0.25) is 0 Å². The van der Waals surface area contributed by atoms with Crippen LogP contribution in [0.2, 0.25) is 0 Å². The monoisotopic (exact) mass is 221 g/mol. The van der Waals surface area contributed by atoms with E-state index in [0.717, 1.165) is 5.39 Å². The predicted molar refractivity (Wildman–Crippen MR) is 59.2 cm³/mol. The molecular formula is C11H11NO4. The Morgan fingerprint density at radius 3 is 2.50 bits per heavy atom. The van der Waals surface area contributed by atoms with E-state index in [-0.39, 0.29) is 12.2 Å². The molecule has 0 atom stereocenters. The summed E-state index contributed by atoms with van der Waals surface area (Å²) in [5, 5.41) is 8.55. The molecule has 0 aliphatic heterocycles. The highest BCUT2D eigenvalue weighted by molar-refractivity contribution is 5.75. The van der Waals surface area contributed by atoms with Crippen molar-refractivity contribution in [2.75, 3.05) is 6.54 Å². The Hall–Kier alpha value is -2.14. The molecule has 0 fully saturated rings. The van der Waals surface area contributed by atoms with Crippen LogP contribution < -0.4 is 11.4 Å². The molecule has 1 aromatic heterocycles. The molecule has 84 valence electrons. The van der Waals surface area contributed by atoms with Gasteiger partial charge in [-0.15, -0.1) is 0 Å². The number of para-hydroxylation sites is 1. The van der Waals surface area contributed by atoms with Crippen molar-refractivity contribution in [3.63, 3.8) is 0 Å². The van der Waals surface area contributed by atoms with Crippen molar-refractivity contribution in [1.29, 1.82) is 0 Å². The lowest BCUT2D eigenvalue weighted by atomic mass is 10.2. The number of carboxylic acids is 1. The SMILES string of the molecule is NCC(=O)O.O=c1ccc2ccccc2o1. The van der Waals surface area contributed by atoms with Gasteiger partial charge in [0, 0.05) is 11.5 Å². The van der Waals surface area contributed by atoms with Crippen LogP contribution in [0, 0.1) is 0 Å². The van der Waals surface area contributed by atoms with Gasteiger partial charge >= 0.3 is 11.6 Å². The molecule has 0 amide bonds. The third kappa shape index (κ3) is 3.55. The summed E-state index contributed by atoms with van der Waals surface area (Å²) in [7, 11) is 0. The summed E-state index contributed by atoms with van der Waals surface area (Å²) in [6, 6.07) is 10.6. The van der Waals surface area contributed by atoms with Gasteiger partial charge in [-0.05, 0) is 12.1 Å². The number of hydrogen-bond donors (Lipinski definition) is 2. The highest BCUT2D eigenvalue weighted by Gasteiger charge is 1.92. The summed E-state index contributed by atoms with van der Waals surface area (Å²) in [6.07, 6.45) is 0. The van der Waals surface area contributed by atoms with Crippen LogP contribution in [0.1, 0.15) is 0 Å². The first-order valence-electron chi connectivity index (χ1n) is 4.54. The number of carboxylic acid groups (broad SMARTS) is 1. The van der Waals surface area contributed by atoms with E-state index in [1.807, 2.05) is 18.2 Å². The second kappa shape index (κ2) is 5.67. The maximum atomic E-state index is 10.7. The minimum atomic E-state index is -0.968. The molecule has 0 spiro atoms. The van der Waals surface area contributed by atoms with E-state index >= 15 is 0 Å². The molecular weight excluding hydrogens is 210 g/mol. The van der Waals surface area contributed by atoms with Crippen LogP contribution in [0.15, 0.2) is 45.6 Å². The fraction of sp³-hybridized carbons (Fsp3) is 0.0909. The van der Waals surface area contributed by atoms with Crippen LogP contribution in [0.3, 0.4) is 0 Å². The molecule has 0 unspecified atom stereocenters. The fourth-order valence-corrected chi connectivity index (χ4v) is 1.01. The van der Waals surface area contributed by atoms with Crippen LogP contribution in [0.25, 0.3) is 11.0 Å². The zero-order valence-electron chi connectivity index (χ0n) is 8.42. The highest BCUT2D eigenvalue weighted by atomic mass is 16.4. The van der Waals surface area contributed by atoms with Crippen molar-refractivity contribution in [3.8, 4) is 0 Å². The van der Waals surface area contributed by atoms with E-state index < -0.39 is 5.97 Å². The molecule has 1 aromatic carbocycles. The lowest BCUT2D eigenvalue weighted by Gasteiger charge is -1.91. The zero-order valence-corrected chi connectivity index (χ0v) is 8.42. The van der Waals surface area contributed by atoms with Gasteiger partial charge in [0.1, 0.15) is 5.58 Å². The molecule has 0 aliphatic carbocycles. The number of nitrogens with two attached hydrogens (primary N) is 1. The molecule has 1 heterocycles. The summed E-state index contributed by atoms with van der Waals surface area (Å²) in [5.41, 5.74) is 4.91. The standard InChI is InChI=1S/C9H6O2.C2H5NO2/c10-9-6-5-7-3-1-2-4-8(7)11-9;3-1-2(4)5/h1-6H;1,3H2,(H,4,5). The smallest absolute Gasteiger partial charge is 0.336 e. The number of fused-ring (bicyclic) bond motifs is 1. The van der Waals surface area contributed by atoms with Crippen LogP contribution >= 0.6 is 0 Å². The first-order chi connectivity index (χ1) is 7.63. The quantitative estimate of drug-likeness (QED) is 0.695. The maximum absolute atomic E-state index is 10.7. The number of hydrogen-bond acceptors (Lipinski definition) is 4. The number of carbonyl (C=O) groups is 1. The average Bonchev–Trinajstić information content (AvgIpc) is 2.29. The summed E-state index contributed by atoms with van der Waals surface area (Å²) in [5.74, 6) is -0.968. The van der Waals surface area contributed by atoms with Gasteiger partial charge in [0.25, 0.3) is 0 Å². The Labute approximate surface area is 91.1 Å². The summed E-state index contributed by atoms with van der Waals surface area (Å²) < 4.78 is 4.91. The van der Waals surface area contributed by atoms with Crippen molar-refractivity contribution < 1.29 is 14.3 Å². The molecule has 3 N–H and O–H groups in total. The van der Waals surface area contributed by atoms with E-state index in [4.69, 9.17) is 9.52 Å². The van der Waals surface area contributed by atoms with Gasteiger partial charge in [-0.2, -0.15) is 0 Å². The molecule has 0 radical (unpaired) electrons. The molecule has 0 bridgehead atoms. The van der Waals surface area contributed by atoms with E-state index in [1.54, 1.807) is 12.1 Å². The molecule has 0 saturated heterocycles. The van der Waals surface area contributed by atoms with Crippen LogP contribution in [-0.2, 0) is 4.79 Å². The molecule has 16 heavy (non-hydrogen) atoms. The Kier molecular flexibility index (Phi) is 4.23. The van der Waals surface area contributed by atoms with Gasteiger partial charge in [0.15, 0.2) is 0 Å². The summed E-state index contributed by atoms with van der Waals surface area (Å²) in [6.45, 7) is -0.278. The van der Waals surface area contributed by atoms with Gasteiger partial charge in [0.05, 0.1) is 6.54 Å². The lowest BCUT2D eigenvalue weighted by Crippen LogP contribution is -2.10. The largest absolute Gasteiger partial charge is 0.480 e. The zero-order chi connectivity index (χ0) is 12.0. The Morgan fingerprint density at radius 2 is 1.88 bits per heavy atom. The minimum absolute atomic E-state index is 0.278. The van der Waals surface area contributed by atoms with Crippen molar-refractivity contribution in [2.24, 2.45) is 5.73 Å². The molecule has 0 saturated carbocycles. The van der Waals surface area contributed by atoms with Crippen molar-refractivity contribution >= 4 is 16.9 Å². The Balaban J connectivity index is 0.000000221. The van der Waals surface area contributed by atoms with Gasteiger partial charge in [-0.1, -0.05) is 18.2 Å². The molecule has 5 heteroatoms. The third-order valence-electron chi connectivity index (χ3n) is 1.70. The van der Waals surface area contributed by atoms with Gasteiger partial charge in [-0.3, -0.25) is 4.79 Å². The normalized spacial score (nSPS) is 9.31. The second-order valence-electron chi connectivity index (χ2n) is 2.89. The van der Waals surface area contributed by atoms with Gasteiger partial charge < -0.3 is 15.3 Å². The van der Waals surface area contributed by atoms with Gasteiger partial charge in [-0.25, -0.2) is 4.79 Å². The molecule has 5 nitrogen and oxygen atoms in total. The number of benzene rings is 1. The van der Waals surface area contributed by atoms with Crippen molar-refractivity contribution in [1.82, 2.24) is 0 Å². The molecule has 2 rings (SSSR count). The topological polar surface area (TPSA) is 93.5 Å². The number of aliphatic carboxylic acids is 1. The van der Waals surface area contributed by atoms with Crippen LogP contribution in [0.5, 0.6) is 0 Å². The highest BCUT2D eigenvalue weighted by Crippen LogP contribution is 2.08. The third-order valence-corrected chi connectivity index (χ3v) is 1.70. The molecule has 0 aliphatic rings. The second-order valence-corrected chi connectivity index (χ2v) is 2.89. The van der Waals surface area contributed by atoms with E-state index in [9.17, 15) is 9.59 Å². The van der Waals surface area contributed by atoms with Crippen LogP contribution in [-0.4, -0.2) is 17.6 Å². The average molecular weight is 221 g/mol. The molecule has 2 aromatic rings. The van der Waals surface area contributed by atoms with E-state index in [0.29, 0.717) is 5.58 Å². The fourth-order valence-electron chi connectivity index (χ4n) is 1.01. The van der Waals surface area contributed by atoms with E-state index in [2.05, 4.69) is 5.73 Å². The first kappa shape index (κ1) is 11.9. The lowest BCUT2D eigenvalue weighted by molar-refractivity contribution is -0.135. The van der Waals surface area contributed by atoms with Crippen LogP contribution in [0.4, 0.5) is 0 Å². The summed E-state index contributed by atoms with van der Waals surface area (Å²) in [4.78, 5) is 20.0. The first-order valence-corrected chi connectivity index (χ1v) is 4.54. The van der Waals surface area contributed by atoms with Crippen molar-refractivity contribution in [3.05, 3.63) is 46.8 Å². The van der Waals surface area contributed by atoms with E-state index in [1.165, 1.54) is 6.07 Å². The maximum Gasteiger partial charge on any atom is 0.336 e. The number of rotatable bonds is 1. The summed E-state index contributed by atoms with van der Waals surface area (Å²) >= 11 is 0. The predicted octanol–water partition coefficient (Wildman–Crippen LogP) is 0.823. The Bertz CT molecular complexity index is 532. The van der Waals surface area contributed by atoms with Crippen molar-refractivity contribution in [2.45, 2.75) is 0 Å². The Morgan fingerprint density at radius 1 is 1.25 bits per heavy atom. The minimum Gasteiger partial charge on any atom is -0.480 e.